The number of hydrogen-bond acceptors (Lipinski definition) is 5. The molecule has 17 heavy (non-hydrogen) atoms. The van der Waals surface area contributed by atoms with Gasteiger partial charge < -0.3 is 5.32 Å². The molecule has 2 N–H and O–H groups in total. The SMILES string of the molecule is CNC(=O)c1csc(NC(=O)c2cccs2)n1. The van der Waals surface area contributed by atoms with Crippen LogP contribution in [0.3, 0.4) is 0 Å². The van der Waals surface area contributed by atoms with Gasteiger partial charge in [0.15, 0.2) is 5.13 Å². The first-order valence-electron chi connectivity index (χ1n) is 4.73. The van der Waals surface area contributed by atoms with Crippen molar-refractivity contribution in [2.24, 2.45) is 0 Å². The summed E-state index contributed by atoms with van der Waals surface area (Å²) in [6.07, 6.45) is 0. The second-order valence-electron chi connectivity index (χ2n) is 3.05. The highest BCUT2D eigenvalue weighted by Crippen LogP contribution is 2.17. The van der Waals surface area contributed by atoms with E-state index in [9.17, 15) is 9.59 Å². The lowest BCUT2D eigenvalue weighted by atomic mass is 10.4. The summed E-state index contributed by atoms with van der Waals surface area (Å²) < 4.78 is 0. The van der Waals surface area contributed by atoms with Gasteiger partial charge in [0.05, 0.1) is 4.88 Å². The Kier molecular flexibility index (Phi) is 3.50. The van der Waals surface area contributed by atoms with E-state index < -0.39 is 0 Å². The summed E-state index contributed by atoms with van der Waals surface area (Å²) >= 11 is 2.57. The molecule has 0 spiro atoms. The number of amides is 2. The Morgan fingerprint density at radius 2 is 2.12 bits per heavy atom. The van der Waals surface area contributed by atoms with Crippen LogP contribution < -0.4 is 10.6 Å². The smallest absolute Gasteiger partial charge is 0.270 e. The summed E-state index contributed by atoms with van der Waals surface area (Å²) in [5.74, 6) is -0.476. The van der Waals surface area contributed by atoms with Crippen molar-refractivity contribution in [2.75, 3.05) is 12.4 Å². The molecular formula is C10H9N3O2S2. The van der Waals surface area contributed by atoms with Crippen molar-refractivity contribution in [3.05, 3.63) is 33.5 Å². The first-order chi connectivity index (χ1) is 8.20. The lowest BCUT2D eigenvalue weighted by molar-refractivity contribution is 0.0957. The van der Waals surface area contributed by atoms with E-state index in [0.717, 1.165) is 0 Å². The van der Waals surface area contributed by atoms with Gasteiger partial charge in [-0.15, -0.1) is 22.7 Å². The number of thiazole rings is 1. The third-order valence-electron chi connectivity index (χ3n) is 1.93. The molecule has 2 aromatic rings. The molecule has 7 heteroatoms. The zero-order valence-electron chi connectivity index (χ0n) is 8.89. The lowest BCUT2D eigenvalue weighted by Gasteiger charge is -1.97. The largest absolute Gasteiger partial charge is 0.354 e. The molecule has 0 fully saturated rings. The zero-order valence-corrected chi connectivity index (χ0v) is 10.5. The summed E-state index contributed by atoms with van der Waals surface area (Å²) in [6.45, 7) is 0. The van der Waals surface area contributed by atoms with E-state index in [1.165, 1.54) is 29.7 Å². The number of thiophene rings is 1. The third-order valence-corrected chi connectivity index (χ3v) is 3.56. The van der Waals surface area contributed by atoms with Crippen LogP contribution in [0.2, 0.25) is 0 Å². The number of anilines is 1. The number of carbonyl (C=O) groups excluding carboxylic acids is 2. The van der Waals surface area contributed by atoms with Gasteiger partial charge in [-0.1, -0.05) is 6.07 Å². The molecule has 0 bridgehead atoms. The summed E-state index contributed by atoms with van der Waals surface area (Å²) in [5.41, 5.74) is 0.305. The fraction of sp³-hybridized carbons (Fsp3) is 0.100. The topological polar surface area (TPSA) is 71.1 Å². The molecule has 0 aliphatic heterocycles. The maximum absolute atomic E-state index is 11.7. The molecule has 2 rings (SSSR count). The van der Waals surface area contributed by atoms with E-state index in [2.05, 4.69) is 15.6 Å². The minimum atomic E-state index is -0.266. The minimum absolute atomic E-state index is 0.210. The molecule has 2 aromatic heterocycles. The van der Waals surface area contributed by atoms with Crippen LogP contribution in [0, 0.1) is 0 Å². The van der Waals surface area contributed by atoms with Crippen molar-refractivity contribution in [1.82, 2.24) is 10.3 Å². The van der Waals surface area contributed by atoms with Gasteiger partial charge in [-0.2, -0.15) is 0 Å². The van der Waals surface area contributed by atoms with Crippen LogP contribution in [0.4, 0.5) is 5.13 Å². The van der Waals surface area contributed by atoms with Crippen molar-refractivity contribution in [2.45, 2.75) is 0 Å². The molecule has 0 aliphatic rings. The van der Waals surface area contributed by atoms with Crippen LogP contribution in [-0.4, -0.2) is 23.8 Å². The fourth-order valence-corrected chi connectivity index (χ4v) is 2.43. The van der Waals surface area contributed by atoms with Crippen molar-refractivity contribution in [1.29, 1.82) is 0 Å². The van der Waals surface area contributed by atoms with Crippen molar-refractivity contribution < 1.29 is 9.59 Å². The monoisotopic (exact) mass is 267 g/mol. The minimum Gasteiger partial charge on any atom is -0.354 e. The molecule has 0 atom stereocenters. The van der Waals surface area contributed by atoms with Gasteiger partial charge in [-0.25, -0.2) is 4.98 Å². The lowest BCUT2D eigenvalue weighted by Crippen LogP contribution is -2.18. The summed E-state index contributed by atoms with van der Waals surface area (Å²) in [5, 5.41) is 8.96. The van der Waals surface area contributed by atoms with Crippen LogP contribution >= 0.6 is 22.7 Å². The van der Waals surface area contributed by atoms with Crippen molar-refractivity contribution >= 4 is 39.6 Å². The standard InChI is InChI=1S/C10H9N3O2S2/c1-11-8(14)6-5-17-10(12-6)13-9(15)7-3-2-4-16-7/h2-5H,1H3,(H,11,14)(H,12,13,15). The second-order valence-corrected chi connectivity index (χ2v) is 4.85. The van der Waals surface area contributed by atoms with Crippen LogP contribution in [0.15, 0.2) is 22.9 Å². The maximum Gasteiger partial charge on any atom is 0.270 e. The maximum atomic E-state index is 11.7. The van der Waals surface area contributed by atoms with Crippen LogP contribution in [-0.2, 0) is 0 Å². The Morgan fingerprint density at radius 1 is 1.29 bits per heavy atom. The zero-order chi connectivity index (χ0) is 12.3. The van der Waals surface area contributed by atoms with Crippen LogP contribution in [0.25, 0.3) is 0 Å². The van der Waals surface area contributed by atoms with E-state index in [1.807, 2.05) is 5.38 Å². The Labute approximate surface area is 106 Å². The van der Waals surface area contributed by atoms with Crippen LogP contribution in [0.5, 0.6) is 0 Å². The van der Waals surface area contributed by atoms with Gasteiger partial charge in [-0.3, -0.25) is 14.9 Å². The highest BCUT2D eigenvalue weighted by Gasteiger charge is 2.12. The molecule has 2 heterocycles. The molecule has 0 saturated heterocycles. The average Bonchev–Trinajstić information content (AvgIpc) is 2.98. The quantitative estimate of drug-likeness (QED) is 0.891. The summed E-state index contributed by atoms with van der Waals surface area (Å²) in [7, 11) is 1.53. The third kappa shape index (κ3) is 2.69. The van der Waals surface area contributed by atoms with Crippen LogP contribution in [0.1, 0.15) is 20.2 Å². The average molecular weight is 267 g/mol. The van der Waals surface area contributed by atoms with Gasteiger partial charge in [-0.05, 0) is 11.4 Å². The van der Waals surface area contributed by atoms with Gasteiger partial charge in [0.2, 0.25) is 0 Å². The van der Waals surface area contributed by atoms with E-state index >= 15 is 0 Å². The molecule has 0 saturated carbocycles. The predicted molar refractivity (Wildman–Crippen MR) is 67.8 cm³/mol. The van der Waals surface area contributed by atoms with Crippen molar-refractivity contribution in [3.63, 3.8) is 0 Å². The second kappa shape index (κ2) is 5.07. The predicted octanol–water partition coefficient (Wildman–Crippen LogP) is 1.82. The molecule has 5 nitrogen and oxygen atoms in total. The highest BCUT2D eigenvalue weighted by molar-refractivity contribution is 7.14. The molecule has 0 unspecified atom stereocenters. The molecular weight excluding hydrogens is 258 g/mol. The van der Waals surface area contributed by atoms with Gasteiger partial charge in [0.1, 0.15) is 5.69 Å². The first-order valence-corrected chi connectivity index (χ1v) is 6.49. The Balaban J connectivity index is 2.07. The summed E-state index contributed by atoms with van der Waals surface area (Å²) in [4.78, 5) is 27.6. The van der Waals surface area contributed by atoms with Gasteiger partial charge in [0.25, 0.3) is 11.8 Å². The number of aromatic nitrogens is 1. The number of rotatable bonds is 3. The molecule has 2 amide bonds. The highest BCUT2D eigenvalue weighted by atomic mass is 32.1. The number of carbonyl (C=O) groups is 2. The summed E-state index contributed by atoms with van der Waals surface area (Å²) in [6, 6.07) is 3.53. The van der Waals surface area contributed by atoms with E-state index in [0.29, 0.717) is 15.7 Å². The molecule has 0 aliphatic carbocycles. The Morgan fingerprint density at radius 3 is 2.76 bits per heavy atom. The molecule has 88 valence electrons. The fourth-order valence-electron chi connectivity index (χ4n) is 1.13. The Hall–Kier alpha value is -1.73. The van der Waals surface area contributed by atoms with Crippen molar-refractivity contribution in [3.8, 4) is 0 Å². The molecule has 0 aromatic carbocycles. The Bertz CT molecular complexity index is 534. The van der Waals surface area contributed by atoms with E-state index in [-0.39, 0.29) is 11.8 Å². The van der Waals surface area contributed by atoms with E-state index in [1.54, 1.807) is 17.5 Å². The first kappa shape index (κ1) is 11.7. The number of hydrogen-bond donors (Lipinski definition) is 2. The van der Waals surface area contributed by atoms with Gasteiger partial charge in [0, 0.05) is 12.4 Å². The van der Waals surface area contributed by atoms with Gasteiger partial charge >= 0.3 is 0 Å². The number of nitrogens with one attached hydrogen (secondary N) is 2. The number of nitrogens with zero attached hydrogens (tertiary/aromatic N) is 1. The molecule has 0 radical (unpaired) electrons. The van der Waals surface area contributed by atoms with E-state index in [4.69, 9.17) is 0 Å². The normalized spacial score (nSPS) is 9.94.